The van der Waals surface area contributed by atoms with E-state index in [1.54, 1.807) is 33.8 Å². The third-order valence-corrected chi connectivity index (χ3v) is 5.11. The highest BCUT2D eigenvalue weighted by Gasteiger charge is 2.36. The van der Waals surface area contributed by atoms with E-state index in [9.17, 15) is 14.4 Å². The Kier molecular flexibility index (Phi) is 9.10. The molecule has 7 nitrogen and oxygen atoms in total. The van der Waals surface area contributed by atoms with Crippen LogP contribution in [-0.4, -0.2) is 39.5 Å². The van der Waals surface area contributed by atoms with E-state index in [-0.39, 0.29) is 22.7 Å². The molecule has 1 aromatic heterocycles. The standard InChI is InChI=1S/C20H30N2O5S/c1-7-15(28-12(3)23)16(19(25)26-8-2)17(21)13-9-10-14(22-11-13)18(24)27-20(4,5)6/h9-11,15-17H,7-8,21H2,1-6H3. The molecule has 0 saturated carbocycles. The fourth-order valence-electron chi connectivity index (χ4n) is 2.65. The molecule has 28 heavy (non-hydrogen) atoms. The van der Waals surface area contributed by atoms with Crippen molar-refractivity contribution in [3.63, 3.8) is 0 Å². The van der Waals surface area contributed by atoms with Crippen molar-refractivity contribution in [3.05, 3.63) is 29.6 Å². The molecular weight excluding hydrogens is 380 g/mol. The second-order valence-electron chi connectivity index (χ2n) is 7.34. The van der Waals surface area contributed by atoms with Crippen LogP contribution in [0.15, 0.2) is 18.3 Å². The Morgan fingerprint density at radius 2 is 1.86 bits per heavy atom. The lowest BCUT2D eigenvalue weighted by Gasteiger charge is -2.28. The van der Waals surface area contributed by atoms with Crippen LogP contribution in [0.1, 0.15) is 70.1 Å². The van der Waals surface area contributed by atoms with Crippen LogP contribution in [0.5, 0.6) is 0 Å². The van der Waals surface area contributed by atoms with Crippen LogP contribution in [0.4, 0.5) is 0 Å². The molecule has 0 spiro atoms. The van der Waals surface area contributed by atoms with Crippen molar-refractivity contribution >= 4 is 28.8 Å². The van der Waals surface area contributed by atoms with Gasteiger partial charge >= 0.3 is 11.9 Å². The molecule has 0 fully saturated rings. The van der Waals surface area contributed by atoms with Gasteiger partial charge in [0.25, 0.3) is 0 Å². The first kappa shape index (κ1) is 24.1. The van der Waals surface area contributed by atoms with Crippen molar-refractivity contribution in [1.29, 1.82) is 0 Å². The smallest absolute Gasteiger partial charge is 0.357 e. The van der Waals surface area contributed by atoms with Gasteiger partial charge in [-0.15, -0.1) is 0 Å². The zero-order valence-electron chi connectivity index (χ0n) is 17.4. The summed E-state index contributed by atoms with van der Waals surface area (Å²) < 4.78 is 10.5. The van der Waals surface area contributed by atoms with Gasteiger partial charge in [0.05, 0.1) is 12.5 Å². The molecule has 1 heterocycles. The Labute approximate surface area is 170 Å². The lowest BCUT2D eigenvalue weighted by Crippen LogP contribution is -2.37. The predicted molar refractivity (Wildman–Crippen MR) is 109 cm³/mol. The molecule has 3 unspecified atom stereocenters. The molecule has 0 aliphatic heterocycles. The summed E-state index contributed by atoms with van der Waals surface area (Å²) in [5.41, 5.74) is 6.48. The molecule has 0 aliphatic carbocycles. The molecule has 0 aromatic carbocycles. The largest absolute Gasteiger partial charge is 0.466 e. The minimum absolute atomic E-state index is 0.0910. The van der Waals surface area contributed by atoms with Crippen molar-refractivity contribution in [2.45, 2.75) is 64.9 Å². The van der Waals surface area contributed by atoms with Gasteiger partial charge in [-0.2, -0.15) is 0 Å². The van der Waals surface area contributed by atoms with Crippen molar-refractivity contribution in [2.75, 3.05) is 6.61 Å². The monoisotopic (exact) mass is 410 g/mol. The summed E-state index contributed by atoms with van der Waals surface area (Å²) in [6.07, 6.45) is 2.03. The molecule has 0 saturated heterocycles. The lowest BCUT2D eigenvalue weighted by molar-refractivity contribution is -0.148. The summed E-state index contributed by atoms with van der Waals surface area (Å²) >= 11 is 1.08. The zero-order valence-corrected chi connectivity index (χ0v) is 18.2. The third-order valence-electron chi connectivity index (χ3n) is 3.85. The van der Waals surface area contributed by atoms with Crippen molar-refractivity contribution in [1.82, 2.24) is 4.98 Å². The molecule has 1 rings (SSSR count). The van der Waals surface area contributed by atoms with Gasteiger partial charge in [-0.1, -0.05) is 24.8 Å². The summed E-state index contributed by atoms with van der Waals surface area (Å²) in [6.45, 7) is 10.6. The van der Waals surface area contributed by atoms with E-state index in [1.165, 1.54) is 19.2 Å². The minimum atomic E-state index is -0.726. The number of rotatable bonds is 8. The fourth-order valence-corrected chi connectivity index (χ4v) is 3.67. The lowest BCUT2D eigenvalue weighted by atomic mass is 9.90. The average molecular weight is 411 g/mol. The van der Waals surface area contributed by atoms with Crippen molar-refractivity contribution in [2.24, 2.45) is 11.7 Å². The molecule has 2 N–H and O–H groups in total. The number of pyridine rings is 1. The second-order valence-corrected chi connectivity index (χ2v) is 8.75. The maximum absolute atomic E-state index is 12.6. The number of aromatic nitrogens is 1. The van der Waals surface area contributed by atoms with Gasteiger partial charge in [-0.05, 0) is 45.7 Å². The van der Waals surface area contributed by atoms with Crippen molar-refractivity contribution in [3.8, 4) is 0 Å². The highest BCUT2D eigenvalue weighted by atomic mass is 32.2. The molecule has 0 amide bonds. The van der Waals surface area contributed by atoms with E-state index in [1.807, 2.05) is 6.92 Å². The van der Waals surface area contributed by atoms with Crippen LogP contribution < -0.4 is 5.73 Å². The number of hydrogen-bond donors (Lipinski definition) is 1. The van der Waals surface area contributed by atoms with Crippen molar-refractivity contribution < 1.29 is 23.9 Å². The molecule has 1 aromatic rings. The van der Waals surface area contributed by atoms with E-state index >= 15 is 0 Å². The molecule has 3 atom stereocenters. The first-order valence-corrected chi connectivity index (χ1v) is 10.2. The predicted octanol–water partition coefficient (Wildman–Crippen LogP) is 3.27. The number of ether oxygens (including phenoxy) is 2. The fraction of sp³-hybridized carbons (Fsp3) is 0.600. The van der Waals surface area contributed by atoms with Crippen LogP contribution in [0.25, 0.3) is 0 Å². The van der Waals surface area contributed by atoms with E-state index in [0.717, 1.165) is 11.8 Å². The first-order valence-electron chi connectivity index (χ1n) is 9.28. The Morgan fingerprint density at radius 1 is 1.21 bits per heavy atom. The summed E-state index contributed by atoms with van der Waals surface area (Å²) in [5.74, 6) is -1.70. The van der Waals surface area contributed by atoms with Crippen LogP contribution in [0.3, 0.4) is 0 Å². The number of nitrogens with zero attached hydrogens (tertiary/aromatic N) is 1. The number of thioether (sulfide) groups is 1. The summed E-state index contributed by atoms with van der Waals surface area (Å²) in [4.78, 5) is 40.4. The van der Waals surface area contributed by atoms with Gasteiger partial charge in [0.2, 0.25) is 0 Å². The normalized spacial score (nSPS) is 14.7. The highest BCUT2D eigenvalue weighted by Crippen LogP contribution is 2.33. The van der Waals surface area contributed by atoms with E-state index in [4.69, 9.17) is 15.2 Å². The SMILES string of the molecule is CCOC(=O)C(C(CC)SC(C)=O)C(N)c1ccc(C(=O)OC(C)(C)C)nc1. The molecule has 8 heteroatoms. The van der Waals surface area contributed by atoms with Gasteiger partial charge in [0.15, 0.2) is 5.12 Å². The maximum atomic E-state index is 12.6. The molecule has 0 radical (unpaired) electrons. The third kappa shape index (κ3) is 7.24. The Hall–Kier alpha value is -1.93. The van der Waals surface area contributed by atoms with Gasteiger partial charge in [0.1, 0.15) is 11.3 Å². The summed E-state index contributed by atoms with van der Waals surface area (Å²) in [6, 6.07) is 2.44. The molecule has 156 valence electrons. The molecular formula is C20H30N2O5S. The van der Waals surface area contributed by atoms with Gasteiger partial charge in [-0.25, -0.2) is 9.78 Å². The van der Waals surface area contributed by atoms with Gasteiger partial charge in [0, 0.05) is 24.4 Å². The van der Waals surface area contributed by atoms with Gasteiger partial charge < -0.3 is 15.2 Å². The van der Waals surface area contributed by atoms with Crippen LogP contribution in [-0.2, 0) is 19.1 Å². The van der Waals surface area contributed by atoms with Crippen LogP contribution >= 0.6 is 11.8 Å². The second kappa shape index (κ2) is 10.6. The summed E-state index contributed by atoms with van der Waals surface area (Å²) in [7, 11) is 0. The quantitative estimate of drug-likeness (QED) is 0.651. The van der Waals surface area contributed by atoms with E-state index < -0.39 is 29.5 Å². The number of carbonyl (C=O) groups excluding carboxylic acids is 3. The van der Waals surface area contributed by atoms with Crippen LogP contribution in [0, 0.1) is 5.92 Å². The Balaban J connectivity index is 3.10. The maximum Gasteiger partial charge on any atom is 0.357 e. The molecule has 0 aliphatic rings. The number of esters is 2. The van der Waals surface area contributed by atoms with E-state index in [0.29, 0.717) is 12.0 Å². The number of hydrogen-bond acceptors (Lipinski definition) is 8. The number of nitrogens with two attached hydrogens (primary N) is 1. The summed E-state index contributed by atoms with van der Waals surface area (Å²) in [5, 5.41) is -0.413. The molecule has 0 bridgehead atoms. The minimum Gasteiger partial charge on any atom is -0.466 e. The first-order chi connectivity index (χ1) is 13.0. The number of carbonyl (C=O) groups is 3. The van der Waals surface area contributed by atoms with E-state index in [2.05, 4.69) is 4.98 Å². The average Bonchev–Trinajstić information content (AvgIpc) is 2.59. The van der Waals surface area contributed by atoms with Crippen LogP contribution in [0.2, 0.25) is 0 Å². The van der Waals surface area contributed by atoms with Gasteiger partial charge in [-0.3, -0.25) is 9.59 Å². The zero-order chi connectivity index (χ0) is 21.5. The Bertz CT molecular complexity index is 685. The topological polar surface area (TPSA) is 109 Å². The Morgan fingerprint density at radius 3 is 2.29 bits per heavy atom. The highest BCUT2D eigenvalue weighted by molar-refractivity contribution is 8.14.